The quantitative estimate of drug-likeness (QED) is 0.850. The number of aryl methyl sites for hydroxylation is 2. The van der Waals surface area contributed by atoms with Gasteiger partial charge in [0.2, 0.25) is 0 Å². The largest absolute Gasteiger partial charge is 0.462 e. The molecule has 4 heteroatoms. The van der Waals surface area contributed by atoms with Gasteiger partial charge in [-0.15, -0.1) is 11.3 Å². The molecule has 0 spiro atoms. The highest BCUT2D eigenvalue weighted by Crippen LogP contribution is 2.36. The first-order chi connectivity index (χ1) is 9.90. The summed E-state index contributed by atoms with van der Waals surface area (Å²) < 4.78 is 5.34. The number of anilines is 1. The number of esters is 1. The van der Waals surface area contributed by atoms with Crippen LogP contribution in [0.15, 0.2) is 23.6 Å². The third kappa shape index (κ3) is 3.45. The molecule has 112 valence electrons. The third-order valence-electron chi connectivity index (χ3n) is 3.24. The molecule has 0 atom stereocenters. The Kier molecular flexibility index (Phi) is 4.68. The smallest absolute Gasteiger partial charge is 0.341 e. The van der Waals surface area contributed by atoms with Gasteiger partial charge in [-0.25, -0.2) is 4.79 Å². The Morgan fingerprint density at radius 2 is 2.00 bits per heavy atom. The van der Waals surface area contributed by atoms with E-state index in [-0.39, 0.29) is 5.97 Å². The van der Waals surface area contributed by atoms with Gasteiger partial charge >= 0.3 is 5.97 Å². The van der Waals surface area contributed by atoms with E-state index in [1.165, 1.54) is 16.9 Å². The number of benzene rings is 1. The Morgan fingerprint density at radius 3 is 2.62 bits per heavy atom. The number of carbonyl (C=O) groups excluding carboxylic acids is 1. The SMILES string of the molecule is Cc1ccc(-c2csc(N)c2C(=O)OCC(C)C)c(C)c1. The Balaban J connectivity index is 2.40. The van der Waals surface area contributed by atoms with Crippen molar-refractivity contribution in [1.29, 1.82) is 0 Å². The predicted octanol–water partition coefficient (Wildman–Crippen LogP) is 4.43. The second kappa shape index (κ2) is 6.31. The Morgan fingerprint density at radius 1 is 1.29 bits per heavy atom. The summed E-state index contributed by atoms with van der Waals surface area (Å²) in [5.41, 5.74) is 10.7. The molecule has 0 saturated carbocycles. The van der Waals surface area contributed by atoms with Crippen LogP contribution in [-0.2, 0) is 4.74 Å². The number of nitrogen functional groups attached to an aromatic ring is 1. The van der Waals surface area contributed by atoms with E-state index in [0.717, 1.165) is 16.7 Å². The molecule has 1 aromatic carbocycles. The van der Waals surface area contributed by atoms with Crippen molar-refractivity contribution in [2.75, 3.05) is 12.3 Å². The van der Waals surface area contributed by atoms with Crippen LogP contribution in [0, 0.1) is 19.8 Å². The summed E-state index contributed by atoms with van der Waals surface area (Å²) in [7, 11) is 0. The third-order valence-corrected chi connectivity index (χ3v) is 4.06. The molecule has 0 amide bonds. The molecule has 0 radical (unpaired) electrons. The number of carbonyl (C=O) groups is 1. The first-order valence-electron chi connectivity index (χ1n) is 7.02. The number of nitrogens with two attached hydrogens (primary N) is 1. The van der Waals surface area contributed by atoms with Crippen LogP contribution in [0.1, 0.15) is 35.3 Å². The van der Waals surface area contributed by atoms with E-state index >= 15 is 0 Å². The molecule has 0 saturated heterocycles. The zero-order chi connectivity index (χ0) is 15.6. The molecular weight excluding hydrogens is 282 g/mol. The van der Waals surface area contributed by atoms with E-state index in [0.29, 0.717) is 23.1 Å². The summed E-state index contributed by atoms with van der Waals surface area (Å²) in [5.74, 6) is -0.0317. The molecular formula is C17H21NO2S. The second-order valence-electron chi connectivity index (χ2n) is 5.70. The van der Waals surface area contributed by atoms with Gasteiger partial charge in [0.05, 0.1) is 6.61 Å². The lowest BCUT2D eigenvalue weighted by atomic mass is 9.98. The van der Waals surface area contributed by atoms with E-state index in [4.69, 9.17) is 10.5 Å². The highest BCUT2D eigenvalue weighted by atomic mass is 32.1. The van der Waals surface area contributed by atoms with Gasteiger partial charge in [-0.2, -0.15) is 0 Å². The van der Waals surface area contributed by atoms with Gasteiger partial charge in [0.15, 0.2) is 0 Å². The van der Waals surface area contributed by atoms with Crippen LogP contribution < -0.4 is 5.73 Å². The van der Waals surface area contributed by atoms with E-state index in [1.807, 2.05) is 38.3 Å². The summed E-state index contributed by atoms with van der Waals surface area (Å²) in [6.07, 6.45) is 0. The topological polar surface area (TPSA) is 52.3 Å². The van der Waals surface area contributed by atoms with Crippen molar-refractivity contribution in [2.45, 2.75) is 27.7 Å². The second-order valence-corrected chi connectivity index (χ2v) is 6.61. The molecule has 2 N–H and O–H groups in total. The van der Waals surface area contributed by atoms with Gasteiger partial charge in [0.1, 0.15) is 10.6 Å². The average molecular weight is 303 g/mol. The molecule has 0 aliphatic rings. The Bertz CT molecular complexity index is 659. The van der Waals surface area contributed by atoms with Gasteiger partial charge in [-0.3, -0.25) is 0 Å². The Labute approximate surface area is 129 Å². The van der Waals surface area contributed by atoms with E-state index in [1.54, 1.807) is 0 Å². The normalized spacial score (nSPS) is 10.9. The first kappa shape index (κ1) is 15.6. The number of thiophene rings is 1. The monoisotopic (exact) mass is 303 g/mol. The van der Waals surface area contributed by atoms with E-state index in [9.17, 15) is 4.79 Å². The van der Waals surface area contributed by atoms with Crippen LogP contribution >= 0.6 is 11.3 Å². The lowest BCUT2D eigenvalue weighted by molar-refractivity contribution is 0.0461. The van der Waals surface area contributed by atoms with Crippen LogP contribution in [0.2, 0.25) is 0 Å². The fourth-order valence-corrected chi connectivity index (χ4v) is 3.01. The molecule has 1 heterocycles. The summed E-state index contributed by atoms with van der Waals surface area (Å²) in [6.45, 7) is 8.51. The maximum atomic E-state index is 12.3. The fraction of sp³-hybridized carbons (Fsp3) is 0.353. The maximum Gasteiger partial charge on any atom is 0.341 e. The van der Waals surface area contributed by atoms with Crippen molar-refractivity contribution in [2.24, 2.45) is 5.92 Å². The molecule has 0 aliphatic heterocycles. The van der Waals surface area contributed by atoms with Gasteiger partial charge in [0.25, 0.3) is 0 Å². The average Bonchev–Trinajstić information content (AvgIpc) is 2.78. The summed E-state index contributed by atoms with van der Waals surface area (Å²) in [6, 6.07) is 6.18. The predicted molar refractivity (Wildman–Crippen MR) is 88.8 cm³/mol. The van der Waals surface area contributed by atoms with Crippen LogP contribution in [0.25, 0.3) is 11.1 Å². The molecule has 2 aromatic rings. The molecule has 0 fully saturated rings. The number of ether oxygens (including phenoxy) is 1. The number of hydrogen-bond acceptors (Lipinski definition) is 4. The summed E-state index contributed by atoms with van der Waals surface area (Å²) >= 11 is 1.38. The lowest BCUT2D eigenvalue weighted by Crippen LogP contribution is -2.11. The summed E-state index contributed by atoms with van der Waals surface area (Å²) in [5, 5.41) is 2.44. The van der Waals surface area contributed by atoms with Gasteiger partial charge in [-0.05, 0) is 30.9 Å². The van der Waals surface area contributed by atoms with Crippen molar-refractivity contribution in [3.05, 3.63) is 40.3 Å². The van der Waals surface area contributed by atoms with Crippen molar-refractivity contribution in [3.8, 4) is 11.1 Å². The van der Waals surface area contributed by atoms with Crippen LogP contribution in [-0.4, -0.2) is 12.6 Å². The van der Waals surface area contributed by atoms with Gasteiger partial charge in [-0.1, -0.05) is 37.6 Å². The standard InChI is InChI=1S/C17H21NO2S/c1-10(2)8-20-17(19)15-14(9-21-16(15)18)13-6-5-11(3)7-12(13)4/h5-7,9-10H,8,18H2,1-4H3. The molecule has 3 nitrogen and oxygen atoms in total. The van der Waals surface area contributed by atoms with Crippen LogP contribution in [0.5, 0.6) is 0 Å². The highest BCUT2D eigenvalue weighted by molar-refractivity contribution is 7.15. The van der Waals surface area contributed by atoms with Crippen molar-refractivity contribution in [1.82, 2.24) is 0 Å². The fourth-order valence-electron chi connectivity index (χ4n) is 2.21. The molecule has 21 heavy (non-hydrogen) atoms. The van der Waals surface area contributed by atoms with Crippen LogP contribution in [0.4, 0.5) is 5.00 Å². The minimum Gasteiger partial charge on any atom is -0.462 e. The Hall–Kier alpha value is -1.81. The lowest BCUT2D eigenvalue weighted by Gasteiger charge is -2.11. The maximum absolute atomic E-state index is 12.3. The van der Waals surface area contributed by atoms with Crippen molar-refractivity contribution >= 4 is 22.3 Å². The molecule has 0 aliphatic carbocycles. The number of rotatable bonds is 4. The van der Waals surface area contributed by atoms with Crippen molar-refractivity contribution < 1.29 is 9.53 Å². The van der Waals surface area contributed by atoms with E-state index < -0.39 is 0 Å². The molecule has 1 aromatic heterocycles. The minimum atomic E-state index is -0.336. The minimum absolute atomic E-state index is 0.304. The summed E-state index contributed by atoms with van der Waals surface area (Å²) in [4.78, 5) is 12.3. The zero-order valence-electron chi connectivity index (χ0n) is 12.9. The van der Waals surface area contributed by atoms with E-state index in [2.05, 4.69) is 13.0 Å². The zero-order valence-corrected chi connectivity index (χ0v) is 13.7. The first-order valence-corrected chi connectivity index (χ1v) is 7.89. The highest BCUT2D eigenvalue weighted by Gasteiger charge is 2.21. The van der Waals surface area contributed by atoms with Gasteiger partial charge in [0, 0.05) is 10.9 Å². The number of hydrogen-bond donors (Lipinski definition) is 1. The van der Waals surface area contributed by atoms with Crippen molar-refractivity contribution in [3.63, 3.8) is 0 Å². The molecule has 0 unspecified atom stereocenters. The van der Waals surface area contributed by atoms with Crippen LogP contribution in [0.3, 0.4) is 0 Å². The van der Waals surface area contributed by atoms with Gasteiger partial charge < -0.3 is 10.5 Å². The molecule has 2 rings (SSSR count). The molecule has 0 bridgehead atoms.